The molecule has 1 aromatic heterocycles. The number of hydrogen-bond acceptors (Lipinski definition) is 4. The number of hydrogen-bond donors (Lipinski definition) is 1. The lowest BCUT2D eigenvalue weighted by Crippen LogP contribution is -2.37. The lowest BCUT2D eigenvalue weighted by atomic mass is 10.2. The molecule has 0 saturated carbocycles. The molecule has 1 aliphatic rings. The van der Waals surface area contributed by atoms with Crippen LogP contribution in [0.5, 0.6) is 0 Å². The van der Waals surface area contributed by atoms with Crippen molar-refractivity contribution in [1.29, 1.82) is 0 Å². The topological polar surface area (TPSA) is 67.2 Å². The molecule has 0 unspecified atom stereocenters. The second-order valence-electron chi connectivity index (χ2n) is 5.77. The summed E-state index contributed by atoms with van der Waals surface area (Å²) in [5.41, 5.74) is 1.95. The van der Waals surface area contributed by atoms with Gasteiger partial charge in [0.1, 0.15) is 4.90 Å². The van der Waals surface area contributed by atoms with E-state index in [1.165, 1.54) is 6.20 Å². The van der Waals surface area contributed by atoms with Gasteiger partial charge in [-0.15, -0.1) is 0 Å². The standard InChI is InChI=1S/C16H22N4O2S/c1-14-6-2-3-7-16(14)20-13-15(12-18-20)23(21,22)19-10-4-8-17-9-5-11-19/h2-3,6-7,12-13,17H,4-5,8-11H2,1H3. The molecule has 0 bridgehead atoms. The van der Waals surface area contributed by atoms with Crippen LogP contribution < -0.4 is 5.32 Å². The van der Waals surface area contributed by atoms with Crippen molar-refractivity contribution >= 4 is 10.0 Å². The summed E-state index contributed by atoms with van der Waals surface area (Å²) in [5.74, 6) is 0. The SMILES string of the molecule is Cc1ccccc1-n1cc(S(=O)(=O)N2CCCNCCC2)cn1. The Morgan fingerprint density at radius 3 is 2.52 bits per heavy atom. The van der Waals surface area contributed by atoms with Gasteiger partial charge in [-0.3, -0.25) is 0 Å². The minimum absolute atomic E-state index is 0.259. The summed E-state index contributed by atoms with van der Waals surface area (Å²) in [4.78, 5) is 0.259. The third-order valence-electron chi connectivity index (χ3n) is 4.08. The van der Waals surface area contributed by atoms with Crippen molar-refractivity contribution in [2.45, 2.75) is 24.7 Å². The number of rotatable bonds is 3. The number of para-hydroxylation sites is 1. The first-order chi connectivity index (χ1) is 11.1. The molecule has 6 nitrogen and oxygen atoms in total. The summed E-state index contributed by atoms with van der Waals surface area (Å²) in [6.45, 7) is 4.79. The minimum atomic E-state index is -3.48. The highest BCUT2D eigenvalue weighted by molar-refractivity contribution is 7.89. The number of benzene rings is 1. The highest BCUT2D eigenvalue weighted by Gasteiger charge is 2.26. The summed E-state index contributed by atoms with van der Waals surface area (Å²) in [6, 6.07) is 7.79. The van der Waals surface area contributed by atoms with Crippen molar-refractivity contribution in [1.82, 2.24) is 19.4 Å². The van der Waals surface area contributed by atoms with Crippen LogP contribution in [0.2, 0.25) is 0 Å². The molecule has 1 aliphatic heterocycles. The number of nitrogens with one attached hydrogen (secondary N) is 1. The Morgan fingerprint density at radius 2 is 1.83 bits per heavy atom. The van der Waals surface area contributed by atoms with Crippen LogP contribution in [0.15, 0.2) is 41.6 Å². The van der Waals surface area contributed by atoms with Gasteiger partial charge in [-0.05, 0) is 44.5 Å². The van der Waals surface area contributed by atoms with Gasteiger partial charge < -0.3 is 5.32 Å². The Morgan fingerprint density at radius 1 is 1.13 bits per heavy atom. The molecule has 0 spiro atoms. The maximum atomic E-state index is 12.8. The van der Waals surface area contributed by atoms with Crippen LogP contribution in [-0.2, 0) is 10.0 Å². The highest BCUT2D eigenvalue weighted by atomic mass is 32.2. The van der Waals surface area contributed by atoms with Gasteiger partial charge in [0.05, 0.1) is 18.1 Å². The van der Waals surface area contributed by atoms with E-state index in [2.05, 4.69) is 10.4 Å². The molecule has 0 amide bonds. The van der Waals surface area contributed by atoms with E-state index in [1.807, 2.05) is 31.2 Å². The summed E-state index contributed by atoms with van der Waals surface area (Å²) in [6.07, 6.45) is 4.70. The molecule has 2 heterocycles. The first-order valence-electron chi connectivity index (χ1n) is 7.90. The van der Waals surface area contributed by atoms with Crippen molar-refractivity contribution in [3.63, 3.8) is 0 Å². The zero-order valence-corrected chi connectivity index (χ0v) is 14.1. The first-order valence-corrected chi connectivity index (χ1v) is 9.34. The normalized spacial score (nSPS) is 17.6. The summed E-state index contributed by atoms with van der Waals surface area (Å²) < 4.78 is 28.9. The second-order valence-corrected chi connectivity index (χ2v) is 7.71. The van der Waals surface area contributed by atoms with Crippen molar-refractivity contribution in [2.24, 2.45) is 0 Å². The first kappa shape index (κ1) is 16.2. The molecule has 1 N–H and O–H groups in total. The molecule has 23 heavy (non-hydrogen) atoms. The summed E-state index contributed by atoms with van der Waals surface area (Å²) >= 11 is 0. The molecule has 7 heteroatoms. The van der Waals surface area contributed by atoms with Crippen LogP contribution in [0.1, 0.15) is 18.4 Å². The number of aryl methyl sites for hydroxylation is 1. The fourth-order valence-corrected chi connectivity index (χ4v) is 4.23. The minimum Gasteiger partial charge on any atom is -0.317 e. The van der Waals surface area contributed by atoms with Gasteiger partial charge in [0.2, 0.25) is 10.0 Å². The Bertz CT molecular complexity index is 762. The molecule has 0 radical (unpaired) electrons. The van der Waals surface area contributed by atoms with E-state index in [9.17, 15) is 8.42 Å². The second kappa shape index (κ2) is 6.82. The number of aromatic nitrogens is 2. The van der Waals surface area contributed by atoms with Gasteiger partial charge >= 0.3 is 0 Å². The lowest BCUT2D eigenvalue weighted by molar-refractivity contribution is 0.371. The molecule has 2 aromatic rings. The lowest BCUT2D eigenvalue weighted by Gasteiger charge is -2.23. The maximum Gasteiger partial charge on any atom is 0.246 e. The van der Waals surface area contributed by atoms with Gasteiger partial charge in [-0.25, -0.2) is 13.1 Å². The fraction of sp³-hybridized carbons (Fsp3) is 0.438. The van der Waals surface area contributed by atoms with Crippen molar-refractivity contribution in [3.05, 3.63) is 42.2 Å². The van der Waals surface area contributed by atoms with E-state index in [0.29, 0.717) is 13.1 Å². The fourth-order valence-electron chi connectivity index (χ4n) is 2.78. The zero-order chi connectivity index (χ0) is 16.3. The smallest absolute Gasteiger partial charge is 0.246 e. The van der Waals surface area contributed by atoms with Crippen molar-refractivity contribution < 1.29 is 8.42 Å². The molecule has 1 aromatic carbocycles. The maximum absolute atomic E-state index is 12.8. The van der Waals surface area contributed by atoms with E-state index in [-0.39, 0.29) is 4.90 Å². The van der Waals surface area contributed by atoms with E-state index in [1.54, 1.807) is 15.2 Å². The Hall–Kier alpha value is -1.70. The monoisotopic (exact) mass is 334 g/mol. The summed E-state index contributed by atoms with van der Waals surface area (Å²) in [7, 11) is -3.48. The molecule has 3 rings (SSSR count). The number of sulfonamides is 1. The van der Waals surface area contributed by atoms with Crippen LogP contribution in [0.4, 0.5) is 0 Å². The van der Waals surface area contributed by atoms with Gasteiger partial charge in [-0.1, -0.05) is 18.2 Å². The quantitative estimate of drug-likeness (QED) is 0.925. The molecular weight excluding hydrogens is 312 g/mol. The molecule has 0 aliphatic carbocycles. The zero-order valence-electron chi connectivity index (χ0n) is 13.3. The third kappa shape index (κ3) is 3.46. The number of nitrogens with zero attached hydrogens (tertiary/aromatic N) is 3. The van der Waals surface area contributed by atoms with E-state index in [0.717, 1.165) is 37.2 Å². The third-order valence-corrected chi connectivity index (χ3v) is 5.93. The Balaban J connectivity index is 1.87. The van der Waals surface area contributed by atoms with E-state index in [4.69, 9.17) is 0 Å². The highest BCUT2D eigenvalue weighted by Crippen LogP contribution is 2.19. The van der Waals surface area contributed by atoms with E-state index >= 15 is 0 Å². The average molecular weight is 334 g/mol. The van der Waals surface area contributed by atoms with Gasteiger partial charge in [0, 0.05) is 13.1 Å². The van der Waals surface area contributed by atoms with Crippen LogP contribution in [0.3, 0.4) is 0 Å². The predicted molar refractivity (Wildman–Crippen MR) is 89.2 cm³/mol. The molecule has 1 fully saturated rings. The Labute approximate surface area is 137 Å². The molecular formula is C16H22N4O2S. The van der Waals surface area contributed by atoms with E-state index < -0.39 is 10.0 Å². The van der Waals surface area contributed by atoms with Crippen LogP contribution in [-0.4, -0.2) is 48.7 Å². The van der Waals surface area contributed by atoms with Crippen LogP contribution in [0, 0.1) is 6.92 Å². The Kier molecular flexibility index (Phi) is 4.79. The average Bonchev–Trinajstić information content (AvgIpc) is 2.97. The van der Waals surface area contributed by atoms with Crippen molar-refractivity contribution in [2.75, 3.05) is 26.2 Å². The van der Waals surface area contributed by atoms with Crippen molar-refractivity contribution in [3.8, 4) is 5.69 Å². The summed E-state index contributed by atoms with van der Waals surface area (Å²) in [5, 5.41) is 7.54. The predicted octanol–water partition coefficient (Wildman–Crippen LogP) is 1.55. The molecule has 124 valence electrons. The largest absolute Gasteiger partial charge is 0.317 e. The van der Waals surface area contributed by atoms with Gasteiger partial charge in [-0.2, -0.15) is 9.40 Å². The van der Waals surface area contributed by atoms with Gasteiger partial charge in [0.15, 0.2) is 0 Å². The van der Waals surface area contributed by atoms with Crippen LogP contribution >= 0.6 is 0 Å². The van der Waals surface area contributed by atoms with Crippen LogP contribution in [0.25, 0.3) is 5.69 Å². The van der Waals surface area contributed by atoms with Gasteiger partial charge in [0.25, 0.3) is 0 Å². The molecule has 1 saturated heterocycles. The molecule has 0 atom stereocenters.